The normalized spacial score (nSPS) is 13.7. The molecule has 1 aromatic rings. The molecule has 0 heterocycles. The third kappa shape index (κ3) is 4.67. The van der Waals surface area contributed by atoms with Crippen LogP contribution in [-0.2, 0) is 4.79 Å². The average Bonchev–Trinajstić information content (AvgIpc) is 2.45. The van der Waals surface area contributed by atoms with Crippen molar-refractivity contribution >= 4 is 5.97 Å². The number of likely N-dealkylation sites (N-methyl/N-ethyl adjacent to an activating group) is 1. The predicted octanol–water partition coefficient (Wildman–Crippen LogP) is 2.97. The number of rotatable bonds is 9. The summed E-state index contributed by atoms with van der Waals surface area (Å²) in [7, 11) is 0. The maximum Gasteiger partial charge on any atom is 0.323 e. The highest BCUT2D eigenvalue weighted by Crippen LogP contribution is 2.20. The van der Waals surface area contributed by atoms with Crippen molar-refractivity contribution in [3.63, 3.8) is 0 Å². The number of carbonyl (C=O) groups is 1. The fraction of sp³-hybridized carbons (Fsp3) is 0.533. The Bertz CT molecular complexity index is 482. The van der Waals surface area contributed by atoms with Gasteiger partial charge < -0.3 is 15.2 Å². The van der Waals surface area contributed by atoms with Crippen LogP contribution in [0.15, 0.2) is 18.2 Å². The first kappa shape index (κ1) is 17.4. The minimum absolute atomic E-state index is 0.231. The molecule has 118 valence electrons. The van der Waals surface area contributed by atoms with E-state index in [1.165, 1.54) is 6.07 Å². The molecule has 0 bridgehead atoms. The number of hydrogen-bond donors (Lipinski definition) is 2. The van der Waals surface area contributed by atoms with Gasteiger partial charge in [0.05, 0.1) is 6.61 Å². The highest BCUT2D eigenvalue weighted by Gasteiger charge is 2.34. The standard InChI is InChI=1S/C15H21F2NO3/c1-3-15(14(19)20,18-4-2)8-5-9-21-11-6-7-12(16)13(17)10-11/h6-7,10,18H,3-5,8-9H2,1-2H3,(H,19,20). The molecule has 0 aliphatic heterocycles. The number of ether oxygens (including phenoxy) is 1. The van der Waals surface area contributed by atoms with Crippen LogP contribution in [0.25, 0.3) is 0 Å². The molecule has 0 aliphatic carbocycles. The maximum absolute atomic E-state index is 13.0. The van der Waals surface area contributed by atoms with E-state index in [0.29, 0.717) is 25.8 Å². The summed E-state index contributed by atoms with van der Waals surface area (Å²) in [5, 5.41) is 12.3. The van der Waals surface area contributed by atoms with Crippen LogP contribution in [-0.4, -0.2) is 29.8 Å². The van der Waals surface area contributed by atoms with Crippen LogP contribution < -0.4 is 10.1 Å². The topological polar surface area (TPSA) is 58.6 Å². The molecule has 1 aromatic carbocycles. The lowest BCUT2D eigenvalue weighted by atomic mass is 9.90. The van der Waals surface area contributed by atoms with Gasteiger partial charge in [0, 0.05) is 6.07 Å². The van der Waals surface area contributed by atoms with E-state index in [9.17, 15) is 18.7 Å². The summed E-state index contributed by atoms with van der Waals surface area (Å²) in [5.41, 5.74) is -0.966. The van der Waals surface area contributed by atoms with Crippen LogP contribution >= 0.6 is 0 Å². The van der Waals surface area contributed by atoms with Gasteiger partial charge in [0.2, 0.25) is 0 Å². The van der Waals surface area contributed by atoms with E-state index < -0.39 is 23.1 Å². The van der Waals surface area contributed by atoms with Crippen molar-refractivity contribution in [2.45, 2.75) is 38.6 Å². The van der Waals surface area contributed by atoms with E-state index in [1.807, 2.05) is 13.8 Å². The Labute approximate surface area is 123 Å². The number of halogens is 2. The predicted molar refractivity (Wildman–Crippen MR) is 75.4 cm³/mol. The molecule has 1 unspecified atom stereocenters. The molecule has 0 saturated carbocycles. The van der Waals surface area contributed by atoms with Gasteiger partial charge in [0.15, 0.2) is 11.6 Å². The van der Waals surface area contributed by atoms with E-state index in [4.69, 9.17) is 4.74 Å². The zero-order valence-electron chi connectivity index (χ0n) is 12.3. The fourth-order valence-electron chi connectivity index (χ4n) is 2.19. The van der Waals surface area contributed by atoms with E-state index in [0.717, 1.165) is 12.1 Å². The Morgan fingerprint density at radius 2 is 2.05 bits per heavy atom. The van der Waals surface area contributed by atoms with Gasteiger partial charge in [-0.1, -0.05) is 13.8 Å². The highest BCUT2D eigenvalue weighted by molar-refractivity contribution is 5.78. The Kier molecular flexibility index (Phi) is 6.55. The molecule has 1 rings (SSSR count). The molecular formula is C15H21F2NO3. The van der Waals surface area contributed by atoms with Gasteiger partial charge in [-0.25, -0.2) is 8.78 Å². The Hall–Kier alpha value is -1.69. The summed E-state index contributed by atoms with van der Waals surface area (Å²) in [6.45, 7) is 4.47. The zero-order valence-corrected chi connectivity index (χ0v) is 12.3. The Balaban J connectivity index is 2.51. The van der Waals surface area contributed by atoms with E-state index in [2.05, 4.69) is 5.32 Å². The summed E-state index contributed by atoms with van der Waals surface area (Å²) in [4.78, 5) is 11.4. The number of nitrogens with one attached hydrogen (secondary N) is 1. The number of aliphatic carboxylic acids is 1. The Morgan fingerprint density at radius 3 is 2.57 bits per heavy atom. The molecule has 2 N–H and O–H groups in total. The van der Waals surface area contributed by atoms with Gasteiger partial charge in [0.1, 0.15) is 11.3 Å². The summed E-state index contributed by atoms with van der Waals surface area (Å²) in [6, 6.07) is 3.31. The molecule has 1 atom stereocenters. The lowest BCUT2D eigenvalue weighted by Gasteiger charge is -2.29. The molecule has 6 heteroatoms. The molecule has 0 aliphatic rings. The first-order chi connectivity index (χ1) is 9.95. The summed E-state index contributed by atoms with van der Waals surface area (Å²) >= 11 is 0. The van der Waals surface area contributed by atoms with Crippen molar-refractivity contribution < 1.29 is 23.4 Å². The van der Waals surface area contributed by atoms with Gasteiger partial charge in [-0.2, -0.15) is 0 Å². The second-order valence-electron chi connectivity index (χ2n) is 4.80. The van der Waals surface area contributed by atoms with E-state index >= 15 is 0 Å². The van der Waals surface area contributed by atoms with E-state index in [1.54, 1.807) is 0 Å². The monoisotopic (exact) mass is 301 g/mol. The van der Waals surface area contributed by atoms with Gasteiger partial charge >= 0.3 is 5.97 Å². The minimum atomic E-state index is -0.966. The van der Waals surface area contributed by atoms with Crippen LogP contribution in [0.4, 0.5) is 8.78 Å². The molecule has 0 spiro atoms. The van der Waals surface area contributed by atoms with Crippen molar-refractivity contribution in [1.82, 2.24) is 5.32 Å². The molecule has 0 saturated heterocycles. The van der Waals surface area contributed by atoms with Gasteiger partial charge in [0.25, 0.3) is 0 Å². The number of carboxylic acid groups (broad SMARTS) is 1. The zero-order chi connectivity index (χ0) is 15.9. The summed E-state index contributed by atoms with van der Waals surface area (Å²) < 4.78 is 31.1. The smallest absolute Gasteiger partial charge is 0.323 e. The first-order valence-electron chi connectivity index (χ1n) is 7.01. The second-order valence-corrected chi connectivity index (χ2v) is 4.80. The molecule has 21 heavy (non-hydrogen) atoms. The van der Waals surface area contributed by atoms with Crippen molar-refractivity contribution in [2.75, 3.05) is 13.2 Å². The molecule has 0 aromatic heterocycles. The van der Waals surface area contributed by atoms with Crippen LogP contribution in [0.1, 0.15) is 33.1 Å². The lowest BCUT2D eigenvalue weighted by Crippen LogP contribution is -2.51. The largest absolute Gasteiger partial charge is 0.493 e. The van der Waals surface area contributed by atoms with Crippen LogP contribution in [0.3, 0.4) is 0 Å². The van der Waals surface area contributed by atoms with Crippen molar-refractivity contribution in [3.05, 3.63) is 29.8 Å². The molecule has 0 radical (unpaired) electrons. The summed E-state index contributed by atoms with van der Waals surface area (Å²) in [5.74, 6) is -2.55. The summed E-state index contributed by atoms with van der Waals surface area (Å²) in [6.07, 6.45) is 1.35. The third-order valence-electron chi connectivity index (χ3n) is 3.44. The number of hydrogen-bond acceptors (Lipinski definition) is 3. The van der Waals surface area contributed by atoms with Crippen molar-refractivity contribution in [2.24, 2.45) is 0 Å². The molecule has 0 amide bonds. The van der Waals surface area contributed by atoms with Crippen molar-refractivity contribution in [1.29, 1.82) is 0 Å². The van der Waals surface area contributed by atoms with Gasteiger partial charge in [-0.15, -0.1) is 0 Å². The van der Waals surface area contributed by atoms with Crippen LogP contribution in [0, 0.1) is 11.6 Å². The quantitative estimate of drug-likeness (QED) is 0.689. The molecular weight excluding hydrogens is 280 g/mol. The van der Waals surface area contributed by atoms with Crippen LogP contribution in [0.5, 0.6) is 5.75 Å². The van der Waals surface area contributed by atoms with Gasteiger partial charge in [-0.05, 0) is 37.9 Å². The third-order valence-corrected chi connectivity index (χ3v) is 3.44. The average molecular weight is 301 g/mol. The fourth-order valence-corrected chi connectivity index (χ4v) is 2.19. The number of carboxylic acids is 1. The van der Waals surface area contributed by atoms with Gasteiger partial charge in [-0.3, -0.25) is 4.79 Å². The second kappa shape index (κ2) is 7.93. The van der Waals surface area contributed by atoms with Crippen LogP contribution in [0.2, 0.25) is 0 Å². The number of benzene rings is 1. The SMILES string of the molecule is CCNC(CC)(CCCOc1ccc(F)c(F)c1)C(=O)O. The molecule has 0 fully saturated rings. The minimum Gasteiger partial charge on any atom is -0.493 e. The van der Waals surface area contributed by atoms with E-state index in [-0.39, 0.29) is 12.4 Å². The highest BCUT2D eigenvalue weighted by atomic mass is 19.2. The maximum atomic E-state index is 13.0. The lowest BCUT2D eigenvalue weighted by molar-refractivity contribution is -0.145. The first-order valence-corrected chi connectivity index (χ1v) is 7.01. The molecule has 4 nitrogen and oxygen atoms in total. The Morgan fingerprint density at radius 1 is 1.33 bits per heavy atom. The van der Waals surface area contributed by atoms with Crippen molar-refractivity contribution in [3.8, 4) is 5.75 Å².